The van der Waals surface area contributed by atoms with Crippen molar-refractivity contribution in [1.82, 2.24) is 4.98 Å². The molecule has 1 aromatic carbocycles. The van der Waals surface area contributed by atoms with Crippen molar-refractivity contribution < 1.29 is 9.90 Å². The van der Waals surface area contributed by atoms with Crippen LogP contribution in [0.15, 0.2) is 18.2 Å². The molecule has 0 aliphatic heterocycles. The van der Waals surface area contributed by atoms with Gasteiger partial charge in [0, 0.05) is 16.6 Å². The molecule has 2 N–H and O–H groups in total. The van der Waals surface area contributed by atoms with Crippen molar-refractivity contribution in [2.45, 2.75) is 56.8 Å². The van der Waals surface area contributed by atoms with Gasteiger partial charge in [-0.2, -0.15) is 0 Å². The van der Waals surface area contributed by atoms with Crippen LogP contribution in [0.2, 0.25) is 0 Å². The Hall–Kier alpha value is -1.77. The molecule has 1 heterocycles. The van der Waals surface area contributed by atoms with Gasteiger partial charge in [-0.1, -0.05) is 18.9 Å². The normalized spacial score (nSPS) is 20.6. The molecule has 3 heteroatoms. The molecule has 0 bridgehead atoms. The second-order valence-electron chi connectivity index (χ2n) is 6.64. The van der Waals surface area contributed by atoms with Crippen LogP contribution in [0.5, 0.6) is 0 Å². The summed E-state index contributed by atoms with van der Waals surface area (Å²) >= 11 is 0. The van der Waals surface area contributed by atoms with Gasteiger partial charge in [0.15, 0.2) is 0 Å². The van der Waals surface area contributed by atoms with Crippen molar-refractivity contribution >= 4 is 16.9 Å². The Morgan fingerprint density at radius 3 is 2.62 bits per heavy atom. The summed E-state index contributed by atoms with van der Waals surface area (Å²) in [4.78, 5) is 15.4. The Balaban J connectivity index is 1.88. The second-order valence-corrected chi connectivity index (χ2v) is 6.64. The van der Waals surface area contributed by atoms with E-state index in [2.05, 4.69) is 17.1 Å². The molecule has 2 aromatic rings. The number of fused-ring (bicyclic) bond motifs is 3. The lowest BCUT2D eigenvalue weighted by Crippen LogP contribution is -2.32. The quantitative estimate of drug-likeness (QED) is 0.877. The second kappa shape index (κ2) is 4.62. The van der Waals surface area contributed by atoms with Gasteiger partial charge in [-0.15, -0.1) is 0 Å². The van der Waals surface area contributed by atoms with Crippen molar-refractivity contribution in [2.24, 2.45) is 0 Å². The maximum absolute atomic E-state index is 11.9. The summed E-state index contributed by atoms with van der Waals surface area (Å²) < 4.78 is 0. The number of hydrogen-bond acceptors (Lipinski definition) is 1. The fourth-order valence-electron chi connectivity index (χ4n) is 4.31. The molecule has 0 amide bonds. The number of aliphatic carboxylic acids is 1. The highest BCUT2D eigenvalue weighted by Crippen LogP contribution is 2.43. The Morgan fingerprint density at radius 2 is 1.86 bits per heavy atom. The van der Waals surface area contributed by atoms with Gasteiger partial charge in [0.05, 0.1) is 5.41 Å². The minimum absolute atomic E-state index is 0.646. The number of nitrogens with one attached hydrogen (secondary N) is 1. The number of carboxylic acid groups (broad SMARTS) is 1. The molecule has 1 aromatic heterocycles. The van der Waals surface area contributed by atoms with Crippen LogP contribution < -0.4 is 0 Å². The van der Waals surface area contributed by atoms with Gasteiger partial charge in [0.25, 0.3) is 0 Å². The Morgan fingerprint density at radius 1 is 1.10 bits per heavy atom. The Labute approximate surface area is 124 Å². The van der Waals surface area contributed by atoms with E-state index in [1.165, 1.54) is 35.0 Å². The van der Waals surface area contributed by atoms with Gasteiger partial charge < -0.3 is 10.1 Å². The van der Waals surface area contributed by atoms with Gasteiger partial charge in [-0.25, -0.2) is 0 Å². The number of benzene rings is 1. The minimum atomic E-state index is -0.649. The number of aromatic nitrogens is 1. The molecule has 1 fully saturated rings. The molecule has 0 unspecified atom stereocenters. The lowest BCUT2D eigenvalue weighted by molar-refractivity contribution is -0.143. The van der Waals surface area contributed by atoms with E-state index < -0.39 is 11.4 Å². The average molecular weight is 283 g/mol. The summed E-state index contributed by atoms with van der Waals surface area (Å²) in [6.45, 7) is 0. The third-order valence-corrected chi connectivity index (χ3v) is 5.52. The van der Waals surface area contributed by atoms with Crippen molar-refractivity contribution in [3.8, 4) is 0 Å². The van der Waals surface area contributed by atoms with E-state index >= 15 is 0 Å². The van der Waals surface area contributed by atoms with Crippen LogP contribution in [0.4, 0.5) is 0 Å². The fraction of sp³-hybridized carbons (Fsp3) is 0.500. The van der Waals surface area contributed by atoms with Crippen molar-refractivity contribution in [3.63, 3.8) is 0 Å². The summed E-state index contributed by atoms with van der Waals surface area (Å²) in [5.41, 5.74) is 4.32. The zero-order chi connectivity index (χ0) is 14.4. The molecular formula is C18H21NO2. The van der Waals surface area contributed by atoms with Crippen molar-refractivity contribution in [1.29, 1.82) is 0 Å². The zero-order valence-corrected chi connectivity index (χ0v) is 12.2. The van der Waals surface area contributed by atoms with E-state index in [4.69, 9.17) is 0 Å². The molecule has 110 valence electrons. The largest absolute Gasteiger partial charge is 0.481 e. The lowest BCUT2D eigenvalue weighted by atomic mass is 9.78. The number of rotatable bonds is 2. The zero-order valence-electron chi connectivity index (χ0n) is 12.2. The Kier molecular flexibility index (Phi) is 2.84. The van der Waals surface area contributed by atoms with E-state index in [0.717, 1.165) is 44.1 Å². The standard InChI is InChI=1S/C18H21NO2/c20-17(21)18(9-3-4-10-18)12-7-8-16-14(11-12)13-5-1-2-6-15(13)19-16/h7-8,11,19H,1-6,9-10H2,(H,20,21). The summed E-state index contributed by atoms with van der Waals surface area (Å²) in [6, 6.07) is 6.28. The van der Waals surface area contributed by atoms with Gasteiger partial charge in [0.2, 0.25) is 0 Å². The van der Waals surface area contributed by atoms with Crippen LogP contribution in [-0.4, -0.2) is 16.1 Å². The molecule has 4 rings (SSSR count). The van der Waals surface area contributed by atoms with Crippen molar-refractivity contribution in [2.75, 3.05) is 0 Å². The van der Waals surface area contributed by atoms with Crippen LogP contribution in [0.1, 0.15) is 55.3 Å². The number of H-pyrrole nitrogens is 1. The molecule has 0 atom stereocenters. The van der Waals surface area contributed by atoms with Crippen LogP contribution in [0.3, 0.4) is 0 Å². The van der Waals surface area contributed by atoms with Crippen LogP contribution in [-0.2, 0) is 23.1 Å². The molecule has 21 heavy (non-hydrogen) atoms. The predicted molar refractivity (Wildman–Crippen MR) is 82.7 cm³/mol. The molecule has 0 radical (unpaired) electrons. The highest BCUT2D eigenvalue weighted by atomic mass is 16.4. The number of hydrogen-bond donors (Lipinski definition) is 2. The summed E-state index contributed by atoms with van der Waals surface area (Å²) in [5.74, 6) is -0.649. The summed E-state index contributed by atoms with van der Waals surface area (Å²) in [5, 5.41) is 11.0. The molecular weight excluding hydrogens is 262 g/mol. The van der Waals surface area contributed by atoms with Gasteiger partial charge in [-0.05, 0) is 61.8 Å². The molecule has 1 saturated carbocycles. The third-order valence-electron chi connectivity index (χ3n) is 5.52. The molecule has 2 aliphatic rings. The average Bonchev–Trinajstić information content (AvgIpc) is 3.12. The smallest absolute Gasteiger partial charge is 0.314 e. The molecule has 2 aliphatic carbocycles. The first-order valence-electron chi connectivity index (χ1n) is 8.08. The van der Waals surface area contributed by atoms with Crippen LogP contribution in [0.25, 0.3) is 10.9 Å². The molecule has 0 spiro atoms. The first kappa shape index (κ1) is 12.9. The highest BCUT2D eigenvalue weighted by Gasteiger charge is 2.43. The monoisotopic (exact) mass is 283 g/mol. The maximum atomic E-state index is 11.9. The topological polar surface area (TPSA) is 53.1 Å². The molecule has 3 nitrogen and oxygen atoms in total. The van der Waals surface area contributed by atoms with E-state index in [9.17, 15) is 9.90 Å². The van der Waals surface area contributed by atoms with E-state index in [0.29, 0.717) is 0 Å². The summed E-state index contributed by atoms with van der Waals surface area (Å²) in [7, 11) is 0. The van der Waals surface area contributed by atoms with E-state index in [1.54, 1.807) is 0 Å². The Bertz CT molecular complexity index is 707. The maximum Gasteiger partial charge on any atom is 0.314 e. The van der Waals surface area contributed by atoms with Crippen LogP contribution in [0, 0.1) is 0 Å². The third kappa shape index (κ3) is 1.83. The number of aryl methyl sites for hydroxylation is 2. The number of carbonyl (C=O) groups is 1. The summed E-state index contributed by atoms with van der Waals surface area (Å²) in [6.07, 6.45) is 8.36. The van der Waals surface area contributed by atoms with Crippen LogP contribution >= 0.6 is 0 Å². The highest BCUT2D eigenvalue weighted by molar-refractivity contribution is 5.89. The van der Waals surface area contributed by atoms with Crippen molar-refractivity contribution in [3.05, 3.63) is 35.0 Å². The first-order valence-corrected chi connectivity index (χ1v) is 8.08. The molecule has 0 saturated heterocycles. The first-order chi connectivity index (χ1) is 10.2. The number of aromatic amines is 1. The van der Waals surface area contributed by atoms with Gasteiger partial charge in [-0.3, -0.25) is 4.79 Å². The van der Waals surface area contributed by atoms with Gasteiger partial charge >= 0.3 is 5.97 Å². The van der Waals surface area contributed by atoms with Gasteiger partial charge in [0.1, 0.15) is 0 Å². The van der Waals surface area contributed by atoms with E-state index in [1.807, 2.05) is 6.07 Å². The number of carboxylic acids is 1. The predicted octanol–water partition coefficient (Wildman–Crippen LogP) is 3.94. The minimum Gasteiger partial charge on any atom is -0.481 e. The SMILES string of the molecule is O=C(O)C1(c2ccc3[nH]c4c(c3c2)CCCC4)CCCC1. The lowest BCUT2D eigenvalue weighted by Gasteiger charge is -2.24. The van der Waals surface area contributed by atoms with E-state index in [-0.39, 0.29) is 0 Å². The fourth-order valence-corrected chi connectivity index (χ4v) is 4.31.